The number of methoxy groups -OCH3 is 2. The number of carbonyl (C=O) groups excluding carboxylic acids is 1. The second-order valence-electron chi connectivity index (χ2n) is 11.4. The Morgan fingerprint density at radius 3 is 1.46 bits per heavy atom. The van der Waals surface area contributed by atoms with Crippen LogP contribution in [0.15, 0.2) is 158 Å². The van der Waals surface area contributed by atoms with Crippen molar-refractivity contribution >= 4 is 28.7 Å². The van der Waals surface area contributed by atoms with Gasteiger partial charge in [0.25, 0.3) is 5.91 Å². The van der Waals surface area contributed by atoms with E-state index in [0.717, 1.165) is 62.5 Å². The van der Waals surface area contributed by atoms with Crippen LogP contribution in [0.4, 0.5) is 22.7 Å². The van der Waals surface area contributed by atoms with Crippen LogP contribution in [0.3, 0.4) is 0 Å². The Balaban J connectivity index is 1.11. The zero-order valence-corrected chi connectivity index (χ0v) is 27.5. The average Bonchev–Trinajstić information content (AvgIpc) is 3.19. The number of pyridine rings is 3. The average molecular weight is 656 g/mol. The van der Waals surface area contributed by atoms with Crippen LogP contribution in [0.25, 0.3) is 33.9 Å². The van der Waals surface area contributed by atoms with Crippen LogP contribution in [0.2, 0.25) is 0 Å². The Morgan fingerprint density at radius 1 is 0.540 bits per heavy atom. The third-order valence-electron chi connectivity index (χ3n) is 8.21. The normalized spacial score (nSPS) is 10.7. The molecule has 0 fully saturated rings. The monoisotopic (exact) mass is 655 g/mol. The molecule has 0 aliphatic heterocycles. The molecule has 8 nitrogen and oxygen atoms in total. The van der Waals surface area contributed by atoms with Gasteiger partial charge in [-0.3, -0.25) is 14.8 Å². The van der Waals surface area contributed by atoms with E-state index >= 15 is 0 Å². The molecule has 0 spiro atoms. The molecule has 7 rings (SSSR count). The standard InChI is InChI=1S/C42H33N5O3/c1-49-36-21-17-34(18-22-36)47(35-19-23-37(50-2)24-20-35)33-15-11-30(12-16-33)42(48)45-32-13-9-29(10-14-32)31-27-40(38-7-3-5-25-43-38)46-41(28-31)39-8-4-6-26-44-39/h3-28H,1-2H3,(H,45,48). The Hall–Kier alpha value is -6.80. The van der Waals surface area contributed by atoms with Gasteiger partial charge in [0.1, 0.15) is 11.5 Å². The van der Waals surface area contributed by atoms with E-state index in [1.54, 1.807) is 26.6 Å². The molecule has 1 N–H and O–H groups in total. The molecule has 0 bridgehead atoms. The number of benzene rings is 4. The minimum atomic E-state index is -0.205. The third kappa shape index (κ3) is 7.05. The summed E-state index contributed by atoms with van der Waals surface area (Å²) in [5.41, 5.74) is 9.01. The molecule has 0 saturated heterocycles. The summed E-state index contributed by atoms with van der Waals surface area (Å²) < 4.78 is 10.7. The van der Waals surface area contributed by atoms with Crippen molar-refractivity contribution < 1.29 is 14.3 Å². The van der Waals surface area contributed by atoms with Crippen LogP contribution in [0, 0.1) is 0 Å². The lowest BCUT2D eigenvalue weighted by Gasteiger charge is -2.26. The SMILES string of the molecule is COc1ccc(N(c2ccc(OC)cc2)c2ccc(C(=O)Nc3ccc(-c4cc(-c5ccccn5)nc(-c5ccccn5)c4)cc3)cc2)cc1. The van der Waals surface area contributed by atoms with E-state index in [-0.39, 0.29) is 5.91 Å². The number of carbonyl (C=O) groups is 1. The summed E-state index contributed by atoms with van der Waals surface area (Å²) in [6, 6.07) is 46.6. The summed E-state index contributed by atoms with van der Waals surface area (Å²) >= 11 is 0. The first-order valence-electron chi connectivity index (χ1n) is 16.0. The highest BCUT2D eigenvalue weighted by molar-refractivity contribution is 6.04. The second-order valence-corrected chi connectivity index (χ2v) is 11.4. The van der Waals surface area contributed by atoms with Gasteiger partial charge >= 0.3 is 0 Å². The highest BCUT2D eigenvalue weighted by Crippen LogP contribution is 2.36. The van der Waals surface area contributed by atoms with Crippen LogP contribution in [0.5, 0.6) is 11.5 Å². The summed E-state index contributed by atoms with van der Waals surface area (Å²) in [5.74, 6) is 1.34. The quantitative estimate of drug-likeness (QED) is 0.157. The van der Waals surface area contributed by atoms with Gasteiger partial charge in [-0.15, -0.1) is 0 Å². The number of aromatic nitrogens is 3. The van der Waals surface area contributed by atoms with E-state index in [9.17, 15) is 4.79 Å². The van der Waals surface area contributed by atoms with Crippen molar-refractivity contribution in [2.45, 2.75) is 0 Å². The summed E-state index contributed by atoms with van der Waals surface area (Å²) in [6.45, 7) is 0. The molecular formula is C42H33N5O3. The highest BCUT2D eigenvalue weighted by Gasteiger charge is 2.15. The topological polar surface area (TPSA) is 89.5 Å². The van der Waals surface area contributed by atoms with Gasteiger partial charge in [0.2, 0.25) is 0 Å². The fourth-order valence-electron chi connectivity index (χ4n) is 5.61. The molecular weight excluding hydrogens is 622 g/mol. The molecule has 0 radical (unpaired) electrons. The minimum absolute atomic E-state index is 0.205. The maximum absolute atomic E-state index is 13.4. The van der Waals surface area contributed by atoms with Crippen LogP contribution < -0.4 is 19.7 Å². The van der Waals surface area contributed by atoms with Crippen molar-refractivity contribution in [1.82, 2.24) is 15.0 Å². The number of amides is 1. The molecule has 8 heteroatoms. The van der Waals surface area contributed by atoms with Crippen LogP contribution in [-0.4, -0.2) is 35.1 Å². The highest BCUT2D eigenvalue weighted by atomic mass is 16.5. The molecule has 3 aromatic heterocycles. The van der Waals surface area contributed by atoms with E-state index in [0.29, 0.717) is 11.3 Å². The number of nitrogens with one attached hydrogen (secondary N) is 1. The molecule has 3 heterocycles. The lowest BCUT2D eigenvalue weighted by molar-refractivity contribution is 0.102. The Bertz CT molecular complexity index is 2090. The molecule has 244 valence electrons. The zero-order valence-electron chi connectivity index (χ0n) is 27.5. The second kappa shape index (κ2) is 14.5. The molecule has 0 atom stereocenters. The van der Waals surface area contributed by atoms with E-state index < -0.39 is 0 Å². The number of ether oxygens (including phenoxy) is 2. The first kappa shape index (κ1) is 31.8. The maximum Gasteiger partial charge on any atom is 0.255 e. The number of hydrogen-bond donors (Lipinski definition) is 1. The van der Waals surface area contributed by atoms with Gasteiger partial charge in [-0.1, -0.05) is 24.3 Å². The Labute approximate surface area is 290 Å². The summed E-state index contributed by atoms with van der Waals surface area (Å²) in [5, 5.41) is 3.04. The lowest BCUT2D eigenvalue weighted by atomic mass is 10.0. The number of nitrogens with zero attached hydrogens (tertiary/aromatic N) is 4. The van der Waals surface area contributed by atoms with E-state index in [1.165, 1.54) is 0 Å². The third-order valence-corrected chi connectivity index (χ3v) is 8.21. The van der Waals surface area contributed by atoms with Crippen molar-refractivity contribution in [2.24, 2.45) is 0 Å². The fourth-order valence-corrected chi connectivity index (χ4v) is 5.61. The van der Waals surface area contributed by atoms with Crippen molar-refractivity contribution in [3.05, 3.63) is 164 Å². The fraction of sp³-hybridized carbons (Fsp3) is 0.0476. The maximum atomic E-state index is 13.4. The molecule has 0 aliphatic carbocycles. The van der Waals surface area contributed by atoms with Gasteiger partial charge in [0.15, 0.2) is 0 Å². The summed E-state index contributed by atoms with van der Waals surface area (Å²) in [7, 11) is 3.29. The lowest BCUT2D eigenvalue weighted by Crippen LogP contribution is -2.13. The molecule has 1 amide bonds. The molecule has 0 saturated carbocycles. The zero-order chi connectivity index (χ0) is 34.3. The number of rotatable bonds is 10. The van der Waals surface area contributed by atoms with Crippen LogP contribution in [0.1, 0.15) is 10.4 Å². The Kier molecular flexibility index (Phi) is 9.24. The van der Waals surface area contributed by atoms with Crippen molar-refractivity contribution in [3.8, 4) is 45.4 Å². The van der Waals surface area contributed by atoms with Crippen LogP contribution >= 0.6 is 0 Å². The van der Waals surface area contributed by atoms with E-state index in [2.05, 4.69) is 20.2 Å². The molecule has 0 aliphatic rings. The van der Waals surface area contributed by atoms with Crippen molar-refractivity contribution in [2.75, 3.05) is 24.4 Å². The van der Waals surface area contributed by atoms with E-state index in [4.69, 9.17) is 14.5 Å². The molecule has 0 unspecified atom stereocenters. The smallest absolute Gasteiger partial charge is 0.255 e. The first-order valence-corrected chi connectivity index (χ1v) is 16.0. The minimum Gasteiger partial charge on any atom is -0.497 e. The van der Waals surface area contributed by atoms with Gasteiger partial charge in [-0.25, -0.2) is 4.98 Å². The van der Waals surface area contributed by atoms with Gasteiger partial charge in [-0.05, 0) is 132 Å². The van der Waals surface area contributed by atoms with Gasteiger partial charge in [-0.2, -0.15) is 0 Å². The van der Waals surface area contributed by atoms with Gasteiger partial charge in [0, 0.05) is 40.7 Å². The summed E-state index contributed by atoms with van der Waals surface area (Å²) in [6.07, 6.45) is 3.51. The predicted octanol–water partition coefficient (Wildman–Crippen LogP) is 9.61. The molecule has 4 aromatic carbocycles. The largest absolute Gasteiger partial charge is 0.497 e. The van der Waals surface area contributed by atoms with Crippen molar-refractivity contribution in [3.63, 3.8) is 0 Å². The summed E-state index contributed by atoms with van der Waals surface area (Å²) in [4.78, 5) is 29.3. The predicted molar refractivity (Wildman–Crippen MR) is 198 cm³/mol. The first-order chi connectivity index (χ1) is 24.6. The van der Waals surface area contributed by atoms with Crippen molar-refractivity contribution in [1.29, 1.82) is 0 Å². The van der Waals surface area contributed by atoms with Gasteiger partial charge in [0.05, 0.1) is 37.0 Å². The molecule has 7 aromatic rings. The Morgan fingerprint density at radius 2 is 1.02 bits per heavy atom. The van der Waals surface area contributed by atoms with E-state index in [1.807, 2.05) is 146 Å². The van der Waals surface area contributed by atoms with Gasteiger partial charge < -0.3 is 19.7 Å². The number of anilines is 4. The molecule has 50 heavy (non-hydrogen) atoms. The van der Waals surface area contributed by atoms with Crippen LogP contribution in [-0.2, 0) is 0 Å². The number of hydrogen-bond acceptors (Lipinski definition) is 7.